The number of hydrogen-bond acceptors (Lipinski definition) is 4. The van der Waals surface area contributed by atoms with Crippen molar-refractivity contribution < 1.29 is 14.3 Å². The van der Waals surface area contributed by atoms with Crippen LogP contribution in [-0.4, -0.2) is 49.1 Å². The second-order valence-electron chi connectivity index (χ2n) is 4.96. The summed E-state index contributed by atoms with van der Waals surface area (Å²) in [5.74, 6) is -0.156. The van der Waals surface area contributed by atoms with Crippen molar-refractivity contribution in [2.24, 2.45) is 5.92 Å². The molecule has 1 aliphatic heterocycles. The smallest absolute Gasteiger partial charge is 0.310 e. The van der Waals surface area contributed by atoms with Crippen molar-refractivity contribution in [1.82, 2.24) is 10.2 Å². The van der Waals surface area contributed by atoms with Crippen LogP contribution in [-0.2, 0) is 14.3 Å². The van der Waals surface area contributed by atoms with Gasteiger partial charge in [-0.3, -0.25) is 14.5 Å². The van der Waals surface area contributed by atoms with Gasteiger partial charge in [0.25, 0.3) is 0 Å². The number of methoxy groups -OCH3 is 1. The van der Waals surface area contributed by atoms with Crippen LogP contribution in [0, 0.1) is 5.92 Å². The van der Waals surface area contributed by atoms with Gasteiger partial charge in [0.05, 0.1) is 19.1 Å². The highest BCUT2D eigenvalue weighted by Gasteiger charge is 2.35. The molecule has 1 N–H and O–H groups in total. The Bertz CT molecular complexity index is 315. The van der Waals surface area contributed by atoms with Crippen molar-refractivity contribution in [1.29, 1.82) is 0 Å². The SMILES string of the molecule is COC(=O)C1CCN(C(C)C(=O)NC2CC2)C1. The van der Waals surface area contributed by atoms with E-state index in [2.05, 4.69) is 10.2 Å². The van der Waals surface area contributed by atoms with Crippen molar-refractivity contribution in [2.45, 2.75) is 38.3 Å². The van der Waals surface area contributed by atoms with Crippen molar-refractivity contribution in [2.75, 3.05) is 20.2 Å². The van der Waals surface area contributed by atoms with Crippen molar-refractivity contribution in [3.8, 4) is 0 Å². The summed E-state index contributed by atoms with van der Waals surface area (Å²) < 4.78 is 4.73. The number of hydrogen-bond donors (Lipinski definition) is 1. The number of amides is 1. The van der Waals surface area contributed by atoms with Crippen LogP contribution in [0.4, 0.5) is 0 Å². The zero-order valence-electron chi connectivity index (χ0n) is 10.4. The Balaban J connectivity index is 1.82. The first kappa shape index (κ1) is 12.4. The Hall–Kier alpha value is -1.10. The van der Waals surface area contributed by atoms with E-state index < -0.39 is 0 Å². The zero-order chi connectivity index (χ0) is 12.4. The number of nitrogens with one attached hydrogen (secondary N) is 1. The zero-order valence-corrected chi connectivity index (χ0v) is 10.4. The molecule has 5 nitrogen and oxygen atoms in total. The molecule has 1 aliphatic carbocycles. The highest BCUT2D eigenvalue weighted by molar-refractivity contribution is 5.82. The van der Waals surface area contributed by atoms with Gasteiger partial charge >= 0.3 is 5.97 Å². The minimum atomic E-state index is -0.165. The lowest BCUT2D eigenvalue weighted by Gasteiger charge is -2.23. The molecule has 1 heterocycles. The summed E-state index contributed by atoms with van der Waals surface area (Å²) >= 11 is 0. The van der Waals surface area contributed by atoms with Gasteiger partial charge in [-0.1, -0.05) is 0 Å². The molecule has 0 aromatic carbocycles. The number of nitrogens with zero attached hydrogens (tertiary/aromatic N) is 1. The van der Waals surface area contributed by atoms with Crippen LogP contribution in [0.1, 0.15) is 26.2 Å². The van der Waals surface area contributed by atoms with E-state index in [1.165, 1.54) is 7.11 Å². The molecule has 2 aliphatic rings. The summed E-state index contributed by atoms with van der Waals surface area (Å²) in [5.41, 5.74) is 0. The van der Waals surface area contributed by atoms with Gasteiger partial charge in [0, 0.05) is 12.6 Å². The first-order chi connectivity index (χ1) is 8.11. The molecule has 1 amide bonds. The third-order valence-corrected chi connectivity index (χ3v) is 3.61. The molecule has 2 fully saturated rings. The number of carbonyl (C=O) groups excluding carboxylic acids is 2. The molecular weight excluding hydrogens is 220 g/mol. The van der Waals surface area contributed by atoms with Crippen LogP contribution in [0.5, 0.6) is 0 Å². The van der Waals surface area contributed by atoms with Gasteiger partial charge in [-0.2, -0.15) is 0 Å². The fourth-order valence-electron chi connectivity index (χ4n) is 2.21. The molecule has 17 heavy (non-hydrogen) atoms. The predicted molar refractivity (Wildman–Crippen MR) is 62.3 cm³/mol. The highest BCUT2D eigenvalue weighted by Crippen LogP contribution is 2.22. The Morgan fingerprint density at radius 2 is 2.06 bits per heavy atom. The fourth-order valence-corrected chi connectivity index (χ4v) is 2.21. The molecule has 2 unspecified atom stereocenters. The minimum Gasteiger partial charge on any atom is -0.469 e. The Kier molecular flexibility index (Phi) is 3.66. The number of esters is 1. The molecule has 1 saturated heterocycles. The van der Waals surface area contributed by atoms with Crippen LogP contribution in [0.3, 0.4) is 0 Å². The van der Waals surface area contributed by atoms with Gasteiger partial charge in [-0.15, -0.1) is 0 Å². The normalized spacial score (nSPS) is 26.6. The van der Waals surface area contributed by atoms with Crippen LogP contribution in [0.25, 0.3) is 0 Å². The average molecular weight is 240 g/mol. The number of likely N-dealkylation sites (tertiary alicyclic amines) is 1. The molecule has 96 valence electrons. The van der Waals surface area contributed by atoms with E-state index in [0.717, 1.165) is 25.8 Å². The number of ether oxygens (including phenoxy) is 1. The van der Waals surface area contributed by atoms with E-state index in [-0.39, 0.29) is 23.8 Å². The number of rotatable bonds is 4. The van der Waals surface area contributed by atoms with Gasteiger partial charge < -0.3 is 10.1 Å². The first-order valence-corrected chi connectivity index (χ1v) is 6.24. The summed E-state index contributed by atoms with van der Waals surface area (Å²) in [7, 11) is 1.41. The third-order valence-electron chi connectivity index (χ3n) is 3.61. The summed E-state index contributed by atoms with van der Waals surface area (Å²) in [6.07, 6.45) is 2.99. The Morgan fingerprint density at radius 3 is 2.65 bits per heavy atom. The maximum atomic E-state index is 11.9. The van der Waals surface area contributed by atoms with Gasteiger partial charge in [0.15, 0.2) is 0 Å². The number of carbonyl (C=O) groups is 2. The summed E-state index contributed by atoms with van der Waals surface area (Å²) in [6, 6.07) is 0.245. The second kappa shape index (κ2) is 5.04. The lowest BCUT2D eigenvalue weighted by atomic mass is 10.1. The van der Waals surface area contributed by atoms with Gasteiger partial charge in [-0.25, -0.2) is 0 Å². The Labute approximate surface area is 101 Å². The summed E-state index contributed by atoms with van der Waals surface area (Å²) in [5, 5.41) is 2.99. The maximum absolute atomic E-state index is 11.9. The molecule has 2 atom stereocenters. The quantitative estimate of drug-likeness (QED) is 0.711. The summed E-state index contributed by atoms with van der Waals surface area (Å²) in [4.78, 5) is 25.3. The van der Waals surface area contributed by atoms with E-state index in [4.69, 9.17) is 4.74 Å². The second-order valence-corrected chi connectivity index (χ2v) is 4.96. The lowest BCUT2D eigenvalue weighted by molar-refractivity contribution is -0.145. The molecular formula is C12H20N2O3. The largest absolute Gasteiger partial charge is 0.469 e. The van der Waals surface area contributed by atoms with Crippen LogP contribution in [0.15, 0.2) is 0 Å². The third kappa shape index (κ3) is 2.97. The maximum Gasteiger partial charge on any atom is 0.310 e. The lowest BCUT2D eigenvalue weighted by Crippen LogP contribution is -2.45. The molecule has 2 rings (SSSR count). The van der Waals surface area contributed by atoms with Gasteiger partial charge in [0.1, 0.15) is 0 Å². The van der Waals surface area contributed by atoms with Crippen molar-refractivity contribution in [3.63, 3.8) is 0 Å². The predicted octanol–water partition coefficient (Wildman–Crippen LogP) is 0.148. The van der Waals surface area contributed by atoms with E-state index in [1.807, 2.05) is 6.92 Å². The van der Waals surface area contributed by atoms with E-state index in [9.17, 15) is 9.59 Å². The minimum absolute atomic E-state index is 0.0730. The van der Waals surface area contributed by atoms with Crippen LogP contribution < -0.4 is 5.32 Å². The van der Waals surface area contributed by atoms with Crippen molar-refractivity contribution in [3.05, 3.63) is 0 Å². The standard InChI is InChI=1S/C12H20N2O3/c1-8(11(15)13-10-3-4-10)14-6-5-9(7-14)12(16)17-2/h8-10H,3-7H2,1-2H3,(H,13,15). The van der Waals surface area contributed by atoms with Crippen LogP contribution >= 0.6 is 0 Å². The molecule has 0 aromatic heterocycles. The topological polar surface area (TPSA) is 58.6 Å². The molecule has 5 heteroatoms. The van der Waals surface area contributed by atoms with Gasteiger partial charge in [-0.05, 0) is 32.7 Å². The molecule has 0 spiro atoms. The van der Waals surface area contributed by atoms with Gasteiger partial charge in [0.2, 0.25) is 5.91 Å². The van der Waals surface area contributed by atoms with E-state index in [1.54, 1.807) is 0 Å². The molecule has 0 radical (unpaired) electrons. The first-order valence-electron chi connectivity index (χ1n) is 6.24. The molecule has 1 saturated carbocycles. The monoisotopic (exact) mass is 240 g/mol. The Morgan fingerprint density at radius 1 is 1.35 bits per heavy atom. The molecule has 0 aromatic rings. The van der Waals surface area contributed by atoms with E-state index in [0.29, 0.717) is 12.6 Å². The highest BCUT2D eigenvalue weighted by atomic mass is 16.5. The average Bonchev–Trinajstić information content (AvgIpc) is 3.00. The fraction of sp³-hybridized carbons (Fsp3) is 0.833. The summed E-state index contributed by atoms with van der Waals surface area (Å²) in [6.45, 7) is 3.32. The van der Waals surface area contributed by atoms with Crippen molar-refractivity contribution >= 4 is 11.9 Å². The van der Waals surface area contributed by atoms with Crippen LogP contribution in [0.2, 0.25) is 0 Å². The molecule has 0 bridgehead atoms. The van der Waals surface area contributed by atoms with E-state index >= 15 is 0 Å².